The zero-order valence-electron chi connectivity index (χ0n) is 11.6. The van der Waals surface area contributed by atoms with Gasteiger partial charge in [-0.3, -0.25) is 0 Å². The maximum absolute atomic E-state index is 13.4. The van der Waals surface area contributed by atoms with Gasteiger partial charge in [-0.15, -0.1) is 10.2 Å². The molecule has 0 aliphatic rings. The summed E-state index contributed by atoms with van der Waals surface area (Å²) in [6.07, 6.45) is 1.94. The molecule has 1 N–H and O–H groups in total. The summed E-state index contributed by atoms with van der Waals surface area (Å²) in [6, 6.07) is 4.74. The van der Waals surface area contributed by atoms with Crippen LogP contribution in [0.15, 0.2) is 18.2 Å². The van der Waals surface area contributed by atoms with Crippen LogP contribution in [-0.4, -0.2) is 30.4 Å². The van der Waals surface area contributed by atoms with Gasteiger partial charge in [-0.25, -0.2) is 4.39 Å². The standard InChI is InChI=1S/C14H18FN3OS/c1-3-16-8-4-5-13-17-18-14(20-13)10-6-7-11(15)12(9-10)19-2/h6-7,9,16H,3-5,8H2,1-2H3. The molecule has 0 atom stereocenters. The predicted molar refractivity (Wildman–Crippen MR) is 78.7 cm³/mol. The van der Waals surface area contributed by atoms with Crippen LogP contribution in [0.3, 0.4) is 0 Å². The predicted octanol–water partition coefficient (Wildman–Crippen LogP) is 2.89. The normalized spacial score (nSPS) is 10.8. The minimum Gasteiger partial charge on any atom is -0.494 e. The van der Waals surface area contributed by atoms with Gasteiger partial charge in [0.1, 0.15) is 10.0 Å². The number of aryl methyl sites for hydroxylation is 1. The van der Waals surface area contributed by atoms with Crippen LogP contribution >= 0.6 is 11.3 Å². The molecule has 0 amide bonds. The number of aromatic nitrogens is 2. The van der Waals surface area contributed by atoms with Crippen LogP contribution < -0.4 is 10.1 Å². The van der Waals surface area contributed by atoms with Crippen LogP contribution in [0.4, 0.5) is 4.39 Å². The maximum Gasteiger partial charge on any atom is 0.165 e. The highest BCUT2D eigenvalue weighted by Crippen LogP contribution is 2.28. The van der Waals surface area contributed by atoms with Crippen molar-refractivity contribution in [3.05, 3.63) is 29.0 Å². The van der Waals surface area contributed by atoms with Gasteiger partial charge in [0.05, 0.1) is 7.11 Å². The van der Waals surface area contributed by atoms with Gasteiger partial charge < -0.3 is 10.1 Å². The second kappa shape index (κ2) is 7.31. The van der Waals surface area contributed by atoms with E-state index in [9.17, 15) is 4.39 Å². The van der Waals surface area contributed by atoms with Crippen molar-refractivity contribution in [1.82, 2.24) is 15.5 Å². The van der Waals surface area contributed by atoms with Crippen molar-refractivity contribution in [3.63, 3.8) is 0 Å². The first-order valence-corrected chi connectivity index (χ1v) is 7.43. The van der Waals surface area contributed by atoms with Gasteiger partial charge in [0.25, 0.3) is 0 Å². The third-order valence-corrected chi connectivity index (χ3v) is 3.89. The first-order chi connectivity index (χ1) is 9.74. The molecule has 2 aromatic rings. The summed E-state index contributed by atoms with van der Waals surface area (Å²) in [5.74, 6) is -0.141. The maximum atomic E-state index is 13.4. The fraction of sp³-hybridized carbons (Fsp3) is 0.429. The van der Waals surface area contributed by atoms with Crippen molar-refractivity contribution in [1.29, 1.82) is 0 Å². The van der Waals surface area contributed by atoms with E-state index in [4.69, 9.17) is 4.74 Å². The van der Waals surface area contributed by atoms with E-state index in [-0.39, 0.29) is 11.6 Å². The fourth-order valence-corrected chi connectivity index (χ4v) is 2.68. The molecule has 0 bridgehead atoms. The quantitative estimate of drug-likeness (QED) is 0.798. The number of ether oxygens (including phenoxy) is 1. The van der Waals surface area contributed by atoms with E-state index in [0.717, 1.165) is 41.5 Å². The van der Waals surface area contributed by atoms with E-state index in [1.54, 1.807) is 23.5 Å². The molecule has 0 saturated carbocycles. The Balaban J connectivity index is 2.04. The zero-order chi connectivity index (χ0) is 14.4. The highest BCUT2D eigenvalue weighted by Gasteiger charge is 2.10. The van der Waals surface area contributed by atoms with Gasteiger partial charge in [0.2, 0.25) is 0 Å². The molecular formula is C14H18FN3OS. The number of benzene rings is 1. The average Bonchev–Trinajstić information content (AvgIpc) is 2.93. The first kappa shape index (κ1) is 14.9. The van der Waals surface area contributed by atoms with Crippen LogP contribution in [0, 0.1) is 5.82 Å². The number of hydrogen-bond acceptors (Lipinski definition) is 5. The molecule has 4 nitrogen and oxygen atoms in total. The number of nitrogens with one attached hydrogen (secondary N) is 1. The van der Waals surface area contributed by atoms with Gasteiger partial charge in [0.15, 0.2) is 11.6 Å². The summed E-state index contributed by atoms with van der Waals surface area (Å²) >= 11 is 1.54. The molecule has 6 heteroatoms. The Labute approximate surface area is 122 Å². The molecular weight excluding hydrogens is 277 g/mol. The Morgan fingerprint density at radius 2 is 2.20 bits per heavy atom. The molecule has 0 aliphatic carbocycles. The number of methoxy groups -OCH3 is 1. The lowest BCUT2D eigenvalue weighted by Gasteiger charge is -2.02. The highest BCUT2D eigenvalue weighted by molar-refractivity contribution is 7.14. The van der Waals surface area contributed by atoms with Crippen molar-refractivity contribution in [2.45, 2.75) is 19.8 Å². The Bertz CT molecular complexity index is 559. The summed E-state index contributed by atoms with van der Waals surface area (Å²) in [4.78, 5) is 0. The van der Waals surface area contributed by atoms with E-state index in [1.807, 2.05) is 0 Å². The second-order valence-corrected chi connectivity index (χ2v) is 5.37. The lowest BCUT2D eigenvalue weighted by Crippen LogP contribution is -2.14. The molecule has 0 saturated heterocycles. The number of rotatable bonds is 7. The van der Waals surface area contributed by atoms with Crippen LogP contribution in [-0.2, 0) is 6.42 Å². The van der Waals surface area contributed by atoms with E-state index in [1.165, 1.54) is 13.2 Å². The monoisotopic (exact) mass is 295 g/mol. The van der Waals surface area contributed by atoms with Crippen molar-refractivity contribution in [3.8, 4) is 16.3 Å². The van der Waals surface area contributed by atoms with Crippen molar-refractivity contribution in [2.24, 2.45) is 0 Å². The minimum absolute atomic E-state index is 0.228. The smallest absolute Gasteiger partial charge is 0.165 e. The molecule has 20 heavy (non-hydrogen) atoms. The molecule has 1 heterocycles. The summed E-state index contributed by atoms with van der Waals surface area (Å²) in [5.41, 5.74) is 0.832. The number of halogens is 1. The third-order valence-electron chi connectivity index (χ3n) is 2.86. The van der Waals surface area contributed by atoms with Crippen LogP contribution in [0.5, 0.6) is 5.75 Å². The van der Waals surface area contributed by atoms with Crippen LogP contribution in [0.1, 0.15) is 18.4 Å². The molecule has 1 aromatic carbocycles. The Hall–Kier alpha value is -1.53. The molecule has 0 unspecified atom stereocenters. The van der Waals surface area contributed by atoms with E-state index < -0.39 is 0 Å². The number of nitrogens with zero attached hydrogens (tertiary/aromatic N) is 2. The topological polar surface area (TPSA) is 47.0 Å². The molecule has 2 rings (SSSR count). The second-order valence-electron chi connectivity index (χ2n) is 4.31. The summed E-state index contributed by atoms with van der Waals surface area (Å²) in [7, 11) is 1.45. The van der Waals surface area contributed by atoms with Crippen molar-refractivity contribution >= 4 is 11.3 Å². The lowest BCUT2D eigenvalue weighted by atomic mass is 10.2. The molecule has 108 valence electrons. The molecule has 1 aromatic heterocycles. The van der Waals surface area contributed by atoms with Gasteiger partial charge in [-0.1, -0.05) is 18.3 Å². The third kappa shape index (κ3) is 3.74. The summed E-state index contributed by atoms with van der Waals surface area (Å²) in [5, 5.41) is 13.4. The van der Waals surface area contributed by atoms with Gasteiger partial charge in [-0.05, 0) is 37.7 Å². The summed E-state index contributed by atoms with van der Waals surface area (Å²) < 4.78 is 18.3. The van der Waals surface area contributed by atoms with Crippen LogP contribution in [0.25, 0.3) is 10.6 Å². The molecule has 0 spiro atoms. The van der Waals surface area contributed by atoms with E-state index in [0.29, 0.717) is 0 Å². The average molecular weight is 295 g/mol. The highest BCUT2D eigenvalue weighted by atomic mass is 32.1. The fourth-order valence-electron chi connectivity index (χ4n) is 1.81. The van der Waals surface area contributed by atoms with Crippen molar-refractivity contribution < 1.29 is 9.13 Å². The molecule has 0 fully saturated rings. The number of hydrogen-bond donors (Lipinski definition) is 1. The Morgan fingerprint density at radius 1 is 1.35 bits per heavy atom. The van der Waals surface area contributed by atoms with Crippen LogP contribution in [0.2, 0.25) is 0 Å². The largest absolute Gasteiger partial charge is 0.494 e. The Morgan fingerprint density at radius 3 is 2.95 bits per heavy atom. The Kier molecular flexibility index (Phi) is 5.43. The van der Waals surface area contributed by atoms with Gasteiger partial charge in [-0.2, -0.15) is 0 Å². The first-order valence-electron chi connectivity index (χ1n) is 6.61. The van der Waals surface area contributed by atoms with E-state index >= 15 is 0 Å². The molecule has 0 radical (unpaired) electrons. The SMILES string of the molecule is CCNCCCc1nnc(-c2ccc(F)c(OC)c2)s1. The minimum atomic E-state index is -0.369. The van der Waals surface area contributed by atoms with Gasteiger partial charge in [0, 0.05) is 12.0 Å². The van der Waals surface area contributed by atoms with Crippen molar-refractivity contribution in [2.75, 3.05) is 20.2 Å². The molecule has 0 aliphatic heterocycles. The lowest BCUT2D eigenvalue weighted by molar-refractivity contribution is 0.387. The summed E-state index contributed by atoms with van der Waals surface area (Å²) in [6.45, 7) is 4.05. The zero-order valence-corrected chi connectivity index (χ0v) is 12.5. The van der Waals surface area contributed by atoms with Gasteiger partial charge >= 0.3 is 0 Å². The van der Waals surface area contributed by atoms with E-state index in [2.05, 4.69) is 22.4 Å².